The van der Waals surface area contributed by atoms with Crippen LogP contribution in [-0.2, 0) is 4.79 Å². The molecule has 1 amide bonds. The molecule has 0 saturated carbocycles. The predicted molar refractivity (Wildman–Crippen MR) is 75.8 cm³/mol. The number of carbonyl (C=O) groups is 1. The summed E-state index contributed by atoms with van der Waals surface area (Å²) < 4.78 is 78.6. The largest absolute Gasteiger partial charge is 0.484 e. The molecule has 0 bridgehead atoms. The molecule has 0 heterocycles. The normalized spacial score (nSPS) is 16.0. The molecular weight excluding hydrogens is 356 g/mol. The molecule has 1 aromatic rings. The van der Waals surface area contributed by atoms with Crippen LogP contribution in [0, 0.1) is 0 Å². The summed E-state index contributed by atoms with van der Waals surface area (Å²) in [5.41, 5.74) is -2.85. The van der Waals surface area contributed by atoms with Crippen molar-refractivity contribution < 1.29 is 41.0 Å². The van der Waals surface area contributed by atoms with Crippen LogP contribution >= 0.6 is 0 Å². The van der Waals surface area contributed by atoms with E-state index < -0.39 is 42.9 Å². The van der Waals surface area contributed by atoms with Crippen molar-refractivity contribution >= 4 is 5.91 Å². The lowest BCUT2D eigenvalue weighted by Gasteiger charge is -2.26. The van der Waals surface area contributed by atoms with Crippen LogP contribution in [0.2, 0.25) is 0 Å². The summed E-state index contributed by atoms with van der Waals surface area (Å²) in [7, 11) is 0. The fraction of sp³-hybridized carbons (Fsp3) is 0.533. The van der Waals surface area contributed by atoms with Crippen molar-refractivity contribution in [3.8, 4) is 5.75 Å². The Morgan fingerprint density at radius 2 is 1.84 bits per heavy atom. The Hall–Kier alpha value is -1.97. The van der Waals surface area contributed by atoms with Gasteiger partial charge in [-0.3, -0.25) is 4.79 Å². The van der Waals surface area contributed by atoms with Gasteiger partial charge in [-0.15, -0.1) is 0 Å². The first-order valence-electron chi connectivity index (χ1n) is 7.09. The molecule has 0 aliphatic carbocycles. The van der Waals surface area contributed by atoms with Gasteiger partial charge < -0.3 is 15.2 Å². The molecule has 0 spiro atoms. The average Bonchev–Trinajstić information content (AvgIpc) is 2.42. The predicted octanol–water partition coefficient (Wildman–Crippen LogP) is 3.51. The number of alkyl halides is 6. The van der Waals surface area contributed by atoms with Crippen molar-refractivity contribution in [2.24, 2.45) is 0 Å². The van der Waals surface area contributed by atoms with Gasteiger partial charge in [-0.05, 0) is 31.5 Å². The molecule has 0 radical (unpaired) electrons. The number of hydrogen-bond donors (Lipinski definition) is 2. The third-order valence-electron chi connectivity index (χ3n) is 3.25. The number of ether oxygens (including phenoxy) is 1. The van der Waals surface area contributed by atoms with Gasteiger partial charge in [0.15, 0.2) is 12.2 Å². The van der Waals surface area contributed by atoms with Gasteiger partial charge >= 0.3 is 12.4 Å². The molecular formula is C15H17F6NO3. The number of hydrogen-bond acceptors (Lipinski definition) is 3. The van der Waals surface area contributed by atoms with Crippen molar-refractivity contribution in [3.63, 3.8) is 0 Å². The van der Waals surface area contributed by atoms with Crippen LogP contribution in [0.5, 0.6) is 5.75 Å². The molecule has 1 aromatic carbocycles. The fourth-order valence-electron chi connectivity index (χ4n) is 1.83. The molecule has 4 nitrogen and oxygen atoms in total. The quantitative estimate of drug-likeness (QED) is 0.751. The van der Waals surface area contributed by atoms with Crippen LogP contribution in [-0.4, -0.2) is 35.6 Å². The average molecular weight is 373 g/mol. The first kappa shape index (κ1) is 21.1. The number of rotatable bonds is 6. The van der Waals surface area contributed by atoms with Gasteiger partial charge in [-0.1, -0.05) is 12.1 Å². The van der Waals surface area contributed by atoms with Crippen molar-refractivity contribution in [1.82, 2.24) is 5.32 Å². The van der Waals surface area contributed by atoms with E-state index in [1.54, 1.807) is 0 Å². The van der Waals surface area contributed by atoms with E-state index in [0.717, 1.165) is 0 Å². The molecule has 0 aliphatic rings. The minimum absolute atomic E-state index is 0.0989. The maximum Gasteiger partial charge on any atom is 0.422 e. The summed E-state index contributed by atoms with van der Waals surface area (Å²) in [6, 6.07) is 4.56. The minimum Gasteiger partial charge on any atom is -0.484 e. The highest BCUT2D eigenvalue weighted by Crippen LogP contribution is 2.32. The number of benzene rings is 1. The van der Waals surface area contributed by atoms with E-state index in [4.69, 9.17) is 0 Å². The highest BCUT2D eigenvalue weighted by molar-refractivity contribution is 5.77. The lowest BCUT2D eigenvalue weighted by Crippen LogP contribution is -2.46. The zero-order valence-electron chi connectivity index (χ0n) is 13.3. The molecule has 1 rings (SSSR count). The molecule has 0 fully saturated rings. The number of aliphatic hydroxyl groups is 1. The summed E-state index contributed by atoms with van der Waals surface area (Å²) in [4.78, 5) is 11.7. The smallest absolute Gasteiger partial charge is 0.422 e. The Kier molecular flexibility index (Phi) is 6.33. The Labute approximate surface area is 139 Å². The molecule has 25 heavy (non-hydrogen) atoms. The SMILES string of the molecule is CC(NC(=O)C[C@](C)(O)C(F)(F)F)c1cccc(OCC(F)(F)F)c1. The van der Waals surface area contributed by atoms with Crippen molar-refractivity contribution in [2.75, 3.05) is 6.61 Å². The highest BCUT2D eigenvalue weighted by atomic mass is 19.4. The van der Waals surface area contributed by atoms with E-state index >= 15 is 0 Å². The third-order valence-corrected chi connectivity index (χ3v) is 3.25. The maximum absolute atomic E-state index is 12.5. The van der Waals surface area contributed by atoms with E-state index in [9.17, 15) is 36.2 Å². The van der Waals surface area contributed by atoms with Crippen LogP contribution in [0.15, 0.2) is 24.3 Å². The van der Waals surface area contributed by atoms with Gasteiger partial charge in [0.1, 0.15) is 5.75 Å². The first-order valence-corrected chi connectivity index (χ1v) is 7.09. The molecule has 142 valence electrons. The lowest BCUT2D eigenvalue weighted by atomic mass is 10.0. The number of carbonyl (C=O) groups excluding carboxylic acids is 1. The standard InChI is InChI=1S/C15H17F6NO3/c1-9(22-12(23)7-13(2,24)15(19,20)21)10-4-3-5-11(6-10)25-8-14(16,17)18/h3-6,9,24H,7-8H2,1-2H3,(H,22,23)/t9?,13-/m0/s1. The van der Waals surface area contributed by atoms with Crippen LogP contribution in [0.25, 0.3) is 0 Å². The fourth-order valence-corrected chi connectivity index (χ4v) is 1.83. The second-order valence-electron chi connectivity index (χ2n) is 5.71. The minimum atomic E-state index is -4.97. The molecule has 10 heteroatoms. The van der Waals surface area contributed by atoms with E-state index in [0.29, 0.717) is 12.5 Å². The molecule has 1 unspecified atom stereocenters. The van der Waals surface area contributed by atoms with E-state index in [-0.39, 0.29) is 5.75 Å². The summed E-state index contributed by atoms with van der Waals surface area (Å²) in [5.74, 6) is -1.16. The van der Waals surface area contributed by atoms with E-state index in [1.165, 1.54) is 31.2 Å². The molecule has 0 aromatic heterocycles. The monoisotopic (exact) mass is 373 g/mol. The van der Waals surface area contributed by atoms with Gasteiger partial charge in [0.25, 0.3) is 0 Å². The molecule has 2 atom stereocenters. The van der Waals surface area contributed by atoms with E-state index in [2.05, 4.69) is 10.1 Å². The lowest BCUT2D eigenvalue weighted by molar-refractivity contribution is -0.253. The van der Waals surface area contributed by atoms with Crippen molar-refractivity contribution in [3.05, 3.63) is 29.8 Å². The third kappa shape index (κ3) is 6.81. The van der Waals surface area contributed by atoms with Crippen LogP contribution < -0.4 is 10.1 Å². The first-order chi connectivity index (χ1) is 11.2. The van der Waals surface area contributed by atoms with Gasteiger partial charge in [-0.2, -0.15) is 26.3 Å². The molecule has 2 N–H and O–H groups in total. The van der Waals surface area contributed by atoms with E-state index in [1.807, 2.05) is 0 Å². The Balaban J connectivity index is 2.71. The summed E-state index contributed by atoms with van der Waals surface area (Å²) >= 11 is 0. The second-order valence-corrected chi connectivity index (χ2v) is 5.71. The number of halogens is 6. The van der Waals surface area contributed by atoms with Gasteiger partial charge in [0, 0.05) is 0 Å². The van der Waals surface area contributed by atoms with Crippen LogP contribution in [0.1, 0.15) is 31.9 Å². The van der Waals surface area contributed by atoms with Crippen LogP contribution in [0.4, 0.5) is 26.3 Å². The van der Waals surface area contributed by atoms with Crippen molar-refractivity contribution in [1.29, 1.82) is 0 Å². The number of amides is 1. The Morgan fingerprint density at radius 1 is 1.24 bits per heavy atom. The van der Waals surface area contributed by atoms with Crippen LogP contribution in [0.3, 0.4) is 0 Å². The Morgan fingerprint density at radius 3 is 2.36 bits per heavy atom. The van der Waals surface area contributed by atoms with Gasteiger partial charge in [-0.25, -0.2) is 0 Å². The summed E-state index contributed by atoms with van der Waals surface area (Å²) in [6.07, 6.45) is -10.7. The van der Waals surface area contributed by atoms with Gasteiger partial charge in [0.05, 0.1) is 12.5 Å². The van der Waals surface area contributed by atoms with Crippen molar-refractivity contribution in [2.45, 2.75) is 44.3 Å². The Bertz CT molecular complexity index is 598. The van der Waals surface area contributed by atoms with Gasteiger partial charge in [0.2, 0.25) is 5.91 Å². The molecule has 0 saturated heterocycles. The second kappa shape index (κ2) is 7.51. The zero-order chi connectivity index (χ0) is 19.5. The number of nitrogens with one attached hydrogen (secondary N) is 1. The maximum atomic E-state index is 12.5. The topological polar surface area (TPSA) is 58.6 Å². The molecule has 0 aliphatic heterocycles. The summed E-state index contributed by atoms with van der Waals surface area (Å²) in [6.45, 7) is 0.414. The zero-order valence-corrected chi connectivity index (χ0v) is 13.3. The summed E-state index contributed by atoms with van der Waals surface area (Å²) in [5, 5.41) is 11.5. The highest BCUT2D eigenvalue weighted by Gasteiger charge is 2.51.